The van der Waals surface area contributed by atoms with Gasteiger partial charge in [-0.2, -0.15) is 0 Å². The maximum atomic E-state index is 15.9. The van der Waals surface area contributed by atoms with Crippen LogP contribution in [0, 0.1) is 11.6 Å². The van der Waals surface area contributed by atoms with Crippen LogP contribution in [-0.4, -0.2) is 34.6 Å². The number of nitrogens with zero attached hydrogens (tertiary/aromatic N) is 2. The third-order valence-electron chi connectivity index (χ3n) is 5.53. The minimum absolute atomic E-state index is 0.0650. The fourth-order valence-electron chi connectivity index (χ4n) is 4.17. The summed E-state index contributed by atoms with van der Waals surface area (Å²) in [5.41, 5.74) is 9.64. The Morgan fingerprint density at radius 3 is 2.63 bits per heavy atom. The first-order valence-electron chi connectivity index (χ1n) is 9.21. The molecule has 1 saturated heterocycles. The summed E-state index contributed by atoms with van der Waals surface area (Å²) in [6, 6.07) is 6.64. The number of thiazole rings is 1. The normalized spacial score (nSPS) is 16.9. The smallest absolute Gasteiger partial charge is 0.342 e. The van der Waals surface area contributed by atoms with E-state index in [2.05, 4.69) is 0 Å². The summed E-state index contributed by atoms with van der Waals surface area (Å²) in [7, 11) is 0. The molecule has 0 radical (unpaired) electrons. The molecule has 0 aliphatic carbocycles. The molecule has 30 heavy (non-hydrogen) atoms. The van der Waals surface area contributed by atoms with Gasteiger partial charge >= 0.3 is 5.97 Å². The molecule has 0 saturated carbocycles. The highest BCUT2D eigenvalue weighted by Crippen LogP contribution is 2.39. The molecular formula is C20H16F2N4O3S. The molecule has 0 spiro atoms. The van der Waals surface area contributed by atoms with E-state index in [0.717, 1.165) is 11.3 Å². The number of rotatable bonds is 2. The molecule has 1 aliphatic heterocycles. The number of halogens is 2. The van der Waals surface area contributed by atoms with Crippen LogP contribution in [0.5, 0.6) is 0 Å². The first-order chi connectivity index (χ1) is 14.3. The van der Waals surface area contributed by atoms with Gasteiger partial charge in [0.1, 0.15) is 16.1 Å². The molecule has 7 nitrogen and oxygen atoms in total. The van der Waals surface area contributed by atoms with Crippen LogP contribution in [0.2, 0.25) is 0 Å². The lowest BCUT2D eigenvalue weighted by Crippen LogP contribution is -2.28. The van der Waals surface area contributed by atoms with Crippen molar-refractivity contribution < 1.29 is 18.7 Å². The van der Waals surface area contributed by atoms with Crippen molar-refractivity contribution in [2.45, 2.75) is 12.5 Å². The highest BCUT2D eigenvalue weighted by Gasteiger charge is 2.32. The fraction of sp³-hybridized carbons (Fsp3) is 0.200. The molecule has 5 N–H and O–H groups in total. The van der Waals surface area contributed by atoms with Crippen LogP contribution in [0.25, 0.3) is 25.9 Å². The zero-order valence-electron chi connectivity index (χ0n) is 15.5. The van der Waals surface area contributed by atoms with Crippen molar-refractivity contribution in [3.8, 4) is 0 Å². The molecule has 3 heterocycles. The summed E-state index contributed by atoms with van der Waals surface area (Å²) in [4.78, 5) is 26.5. The number of aromatic carboxylic acids is 1. The molecule has 0 bridgehead atoms. The van der Waals surface area contributed by atoms with Gasteiger partial charge in [-0.15, -0.1) is 11.3 Å². The van der Waals surface area contributed by atoms with Crippen LogP contribution in [0.15, 0.2) is 29.1 Å². The van der Waals surface area contributed by atoms with Crippen LogP contribution in [0.3, 0.4) is 0 Å². The second kappa shape index (κ2) is 6.38. The number of carboxylic acids is 1. The molecule has 0 amide bonds. The van der Waals surface area contributed by atoms with E-state index in [1.165, 1.54) is 9.30 Å². The van der Waals surface area contributed by atoms with E-state index < -0.39 is 39.7 Å². The summed E-state index contributed by atoms with van der Waals surface area (Å²) >= 11 is 1.05. The first kappa shape index (κ1) is 18.8. The zero-order valence-corrected chi connectivity index (χ0v) is 16.3. The fourth-order valence-corrected chi connectivity index (χ4v) is 5.36. The largest absolute Gasteiger partial charge is 0.477 e. The molecule has 1 aliphatic rings. The van der Waals surface area contributed by atoms with Gasteiger partial charge in [0.25, 0.3) is 0 Å². The molecule has 4 aromatic rings. The standard InChI is InChI=1S/C20H16F2N4O3S/c21-13-15(24)11-16(14(22)17(13)25-6-5-8(23)7-25)26-9-3-1-2-4-10(9)30-19(26)12(18(11)27)20(28)29/h1-4,8H,5-7,23-24H2,(H,28,29). The highest BCUT2D eigenvalue weighted by atomic mass is 32.1. The topological polar surface area (TPSA) is 114 Å². The van der Waals surface area contributed by atoms with Gasteiger partial charge in [-0.3, -0.25) is 9.20 Å². The van der Waals surface area contributed by atoms with Crippen LogP contribution in [-0.2, 0) is 0 Å². The van der Waals surface area contributed by atoms with Gasteiger partial charge in [0.15, 0.2) is 11.6 Å². The van der Waals surface area contributed by atoms with E-state index in [4.69, 9.17) is 11.5 Å². The summed E-state index contributed by atoms with van der Waals surface area (Å²) < 4.78 is 33.0. The number of anilines is 2. The maximum absolute atomic E-state index is 15.9. The van der Waals surface area contributed by atoms with Crippen LogP contribution < -0.4 is 21.8 Å². The number of nitrogens with two attached hydrogens (primary N) is 2. The van der Waals surface area contributed by atoms with E-state index in [1.54, 1.807) is 24.3 Å². The van der Waals surface area contributed by atoms with E-state index in [1.807, 2.05) is 0 Å². The molecule has 5 rings (SSSR count). The molecule has 1 fully saturated rings. The quantitative estimate of drug-likeness (QED) is 0.422. The maximum Gasteiger partial charge on any atom is 0.342 e. The number of para-hydroxylation sites is 1. The number of pyridine rings is 1. The van der Waals surface area contributed by atoms with Crippen molar-refractivity contribution in [3.05, 3.63) is 51.7 Å². The average molecular weight is 430 g/mol. The van der Waals surface area contributed by atoms with E-state index in [0.29, 0.717) is 23.2 Å². The van der Waals surface area contributed by atoms with Crippen LogP contribution >= 0.6 is 11.3 Å². The third kappa shape index (κ3) is 2.37. The lowest BCUT2D eigenvalue weighted by Gasteiger charge is -2.22. The van der Waals surface area contributed by atoms with Crippen molar-refractivity contribution in [1.82, 2.24) is 4.40 Å². The van der Waals surface area contributed by atoms with Crippen LogP contribution in [0.4, 0.5) is 20.2 Å². The Morgan fingerprint density at radius 1 is 1.23 bits per heavy atom. The van der Waals surface area contributed by atoms with E-state index in [-0.39, 0.29) is 28.6 Å². The average Bonchev–Trinajstić information content (AvgIpc) is 3.28. The van der Waals surface area contributed by atoms with Crippen molar-refractivity contribution >= 4 is 54.6 Å². The molecule has 2 aromatic heterocycles. The Balaban J connectivity index is 2.06. The number of hydrogen-bond acceptors (Lipinski definition) is 6. The molecular weight excluding hydrogens is 414 g/mol. The summed E-state index contributed by atoms with van der Waals surface area (Å²) in [5, 5.41) is 9.20. The number of carbonyl (C=O) groups is 1. The lowest BCUT2D eigenvalue weighted by atomic mass is 10.1. The molecule has 2 aromatic carbocycles. The molecule has 10 heteroatoms. The number of benzene rings is 2. The first-order valence-corrected chi connectivity index (χ1v) is 10.0. The van der Waals surface area contributed by atoms with Gasteiger partial charge in [-0.1, -0.05) is 12.1 Å². The van der Waals surface area contributed by atoms with Gasteiger partial charge in [-0.05, 0) is 18.6 Å². The minimum Gasteiger partial charge on any atom is -0.477 e. The number of hydrogen-bond donors (Lipinski definition) is 3. The number of aromatic nitrogens is 1. The predicted octanol–water partition coefficient (Wildman–Crippen LogP) is 2.76. The van der Waals surface area contributed by atoms with Gasteiger partial charge < -0.3 is 21.5 Å². The lowest BCUT2D eigenvalue weighted by molar-refractivity contribution is 0.0697. The van der Waals surface area contributed by atoms with Crippen LogP contribution in [0.1, 0.15) is 16.8 Å². The van der Waals surface area contributed by atoms with Gasteiger partial charge in [0, 0.05) is 19.1 Å². The third-order valence-corrected chi connectivity index (χ3v) is 6.67. The van der Waals surface area contributed by atoms with E-state index in [9.17, 15) is 14.7 Å². The summed E-state index contributed by atoms with van der Waals surface area (Å²) in [5.74, 6) is -3.53. The Labute approximate surface area is 171 Å². The van der Waals surface area contributed by atoms with Crippen molar-refractivity contribution in [3.63, 3.8) is 0 Å². The van der Waals surface area contributed by atoms with Gasteiger partial charge in [0.05, 0.1) is 26.8 Å². The van der Waals surface area contributed by atoms with Crippen molar-refractivity contribution in [2.75, 3.05) is 23.7 Å². The van der Waals surface area contributed by atoms with Gasteiger partial charge in [0.2, 0.25) is 5.43 Å². The Hall–Kier alpha value is -3.24. The second-order valence-electron chi connectivity index (χ2n) is 7.33. The number of carboxylic acid groups (broad SMARTS) is 1. The molecule has 154 valence electrons. The van der Waals surface area contributed by atoms with Crippen molar-refractivity contribution in [1.29, 1.82) is 0 Å². The summed E-state index contributed by atoms with van der Waals surface area (Å²) in [6.45, 7) is 0.587. The predicted molar refractivity (Wildman–Crippen MR) is 113 cm³/mol. The van der Waals surface area contributed by atoms with Gasteiger partial charge in [-0.25, -0.2) is 13.6 Å². The SMILES string of the molecule is Nc1c(F)c(N2CCC(N)C2)c(F)c2c1c(=O)c(C(=O)O)c1sc3ccccc3n12. The van der Waals surface area contributed by atoms with Crippen molar-refractivity contribution in [2.24, 2.45) is 5.73 Å². The van der Waals surface area contributed by atoms with E-state index >= 15 is 8.78 Å². The number of fused-ring (bicyclic) bond motifs is 5. The summed E-state index contributed by atoms with van der Waals surface area (Å²) in [6.07, 6.45) is 0.561. The molecule has 1 atom stereocenters. The Bertz CT molecular complexity index is 1450. The second-order valence-corrected chi connectivity index (χ2v) is 8.36. The monoisotopic (exact) mass is 430 g/mol. The Morgan fingerprint density at radius 2 is 1.97 bits per heavy atom. The molecule has 1 unspecified atom stereocenters. The highest BCUT2D eigenvalue weighted by molar-refractivity contribution is 7.24. The zero-order chi connectivity index (χ0) is 21.3. The Kier molecular flexibility index (Phi) is 3.99. The number of nitrogen functional groups attached to an aromatic ring is 1. The minimum atomic E-state index is -1.49.